The van der Waals surface area contributed by atoms with Crippen molar-refractivity contribution in [2.45, 2.75) is 6.42 Å². The Labute approximate surface area is 189 Å². The number of nitrogens with one attached hydrogen (secondary N) is 1. The third-order valence-corrected chi connectivity index (χ3v) is 6.30. The van der Waals surface area contributed by atoms with Crippen molar-refractivity contribution in [2.75, 3.05) is 11.1 Å². The summed E-state index contributed by atoms with van der Waals surface area (Å²) >= 11 is 1.37. The lowest BCUT2D eigenvalue weighted by Gasteiger charge is -2.17. The van der Waals surface area contributed by atoms with Crippen LogP contribution >= 0.6 is 11.3 Å². The largest absolute Gasteiger partial charge is 0.397 e. The molecule has 156 valence electrons. The zero-order valence-corrected chi connectivity index (χ0v) is 18.0. The first-order valence-corrected chi connectivity index (χ1v) is 11.0. The van der Waals surface area contributed by atoms with Crippen LogP contribution in [0.15, 0.2) is 91.3 Å². The van der Waals surface area contributed by atoms with Crippen LogP contribution in [-0.4, -0.2) is 15.9 Å². The van der Waals surface area contributed by atoms with Gasteiger partial charge in [0.05, 0.1) is 28.1 Å². The number of thiophene rings is 1. The number of nitrogen functional groups attached to an aromatic ring is 1. The molecule has 0 saturated heterocycles. The van der Waals surface area contributed by atoms with Crippen molar-refractivity contribution in [1.82, 2.24) is 9.97 Å². The summed E-state index contributed by atoms with van der Waals surface area (Å²) in [6.45, 7) is 0. The Morgan fingerprint density at radius 1 is 0.938 bits per heavy atom. The number of amides is 1. The summed E-state index contributed by atoms with van der Waals surface area (Å²) in [7, 11) is 0. The first-order chi connectivity index (χ1) is 15.7. The average molecular weight is 437 g/mol. The number of carbonyl (C=O) groups is 1. The van der Waals surface area contributed by atoms with Gasteiger partial charge in [0, 0.05) is 29.1 Å². The van der Waals surface area contributed by atoms with E-state index in [-0.39, 0.29) is 5.91 Å². The number of nitrogens with two attached hydrogens (primary N) is 1. The van der Waals surface area contributed by atoms with Gasteiger partial charge < -0.3 is 11.1 Å². The van der Waals surface area contributed by atoms with Crippen molar-refractivity contribution in [1.29, 1.82) is 0 Å². The Kier molecular flexibility index (Phi) is 5.35. The van der Waals surface area contributed by atoms with Crippen LogP contribution < -0.4 is 11.1 Å². The predicted octanol–water partition coefficient (Wildman–Crippen LogP) is 5.78. The van der Waals surface area contributed by atoms with E-state index in [0.717, 1.165) is 26.9 Å². The Balaban J connectivity index is 1.60. The van der Waals surface area contributed by atoms with Gasteiger partial charge in [0.2, 0.25) is 0 Å². The molecule has 0 aliphatic heterocycles. The molecule has 6 heteroatoms. The zero-order chi connectivity index (χ0) is 21.9. The van der Waals surface area contributed by atoms with E-state index >= 15 is 0 Å². The molecule has 5 aromatic rings. The minimum Gasteiger partial charge on any atom is -0.397 e. The summed E-state index contributed by atoms with van der Waals surface area (Å²) in [5.41, 5.74) is 11.1. The quantitative estimate of drug-likeness (QED) is 0.366. The maximum Gasteiger partial charge on any atom is 0.265 e. The second-order valence-electron chi connectivity index (χ2n) is 7.41. The topological polar surface area (TPSA) is 80.9 Å². The second-order valence-corrected chi connectivity index (χ2v) is 8.44. The van der Waals surface area contributed by atoms with Crippen LogP contribution in [0.25, 0.3) is 21.5 Å². The number of fused-ring (bicyclic) bond motifs is 1. The fraction of sp³-hybridized carbons (Fsp3) is 0.0385. The maximum absolute atomic E-state index is 13.3. The molecule has 5 rings (SSSR count). The highest BCUT2D eigenvalue weighted by Gasteiger charge is 2.20. The Morgan fingerprint density at radius 3 is 2.44 bits per heavy atom. The Bertz CT molecular complexity index is 1360. The third kappa shape index (κ3) is 3.96. The molecule has 1 amide bonds. The molecule has 32 heavy (non-hydrogen) atoms. The summed E-state index contributed by atoms with van der Waals surface area (Å²) < 4.78 is 0. The molecule has 0 fully saturated rings. The number of aromatic nitrogens is 2. The van der Waals surface area contributed by atoms with Crippen LogP contribution in [0, 0.1) is 0 Å². The number of pyridine rings is 2. The molecule has 0 spiro atoms. The number of anilines is 2. The van der Waals surface area contributed by atoms with Crippen molar-refractivity contribution >= 4 is 38.8 Å². The summed E-state index contributed by atoms with van der Waals surface area (Å²) in [5, 5.41) is 4.06. The molecular formula is C26H20N4OS. The molecule has 3 aromatic heterocycles. The standard InChI is InChI=1S/C26H20N4OS/c27-21-16-29-23(18-10-5-2-6-11-18)24(20(21)14-17-8-3-1-4-9-17)30-25(31)22-15-19-12-7-13-28-26(19)32-22/h1-13,15-16H,14,27H2,(H,30,31). The molecule has 0 unspecified atom stereocenters. The number of benzene rings is 2. The third-order valence-electron chi connectivity index (χ3n) is 5.25. The monoisotopic (exact) mass is 436 g/mol. The van der Waals surface area contributed by atoms with Gasteiger partial charge in [-0.1, -0.05) is 66.7 Å². The van der Waals surface area contributed by atoms with Gasteiger partial charge in [-0.3, -0.25) is 9.78 Å². The van der Waals surface area contributed by atoms with E-state index in [1.165, 1.54) is 11.3 Å². The normalized spacial score (nSPS) is 10.9. The smallest absolute Gasteiger partial charge is 0.265 e. The van der Waals surface area contributed by atoms with E-state index in [9.17, 15) is 4.79 Å². The van der Waals surface area contributed by atoms with Crippen LogP contribution in [0.2, 0.25) is 0 Å². The Morgan fingerprint density at radius 2 is 1.69 bits per heavy atom. The molecule has 0 radical (unpaired) electrons. The number of hydrogen-bond acceptors (Lipinski definition) is 5. The highest BCUT2D eigenvalue weighted by molar-refractivity contribution is 7.20. The van der Waals surface area contributed by atoms with E-state index < -0.39 is 0 Å². The molecule has 0 saturated carbocycles. The first kappa shape index (κ1) is 19.9. The summed E-state index contributed by atoms with van der Waals surface area (Å²) in [5.74, 6) is -0.202. The number of nitrogens with zero attached hydrogens (tertiary/aromatic N) is 2. The fourth-order valence-corrected chi connectivity index (χ4v) is 4.56. The maximum atomic E-state index is 13.3. The summed E-state index contributed by atoms with van der Waals surface area (Å²) in [6.07, 6.45) is 3.98. The van der Waals surface area contributed by atoms with Crippen molar-refractivity contribution in [3.8, 4) is 11.3 Å². The van der Waals surface area contributed by atoms with Gasteiger partial charge in [0.1, 0.15) is 4.83 Å². The van der Waals surface area contributed by atoms with E-state index in [1.807, 2.05) is 78.9 Å². The average Bonchev–Trinajstić information content (AvgIpc) is 3.27. The van der Waals surface area contributed by atoms with Crippen LogP contribution in [0.4, 0.5) is 11.4 Å². The predicted molar refractivity (Wildman–Crippen MR) is 131 cm³/mol. The van der Waals surface area contributed by atoms with Gasteiger partial charge in [-0.25, -0.2) is 4.98 Å². The lowest BCUT2D eigenvalue weighted by atomic mass is 9.99. The lowest BCUT2D eigenvalue weighted by Crippen LogP contribution is -2.15. The molecule has 2 aromatic carbocycles. The van der Waals surface area contributed by atoms with Gasteiger partial charge in [0.15, 0.2) is 0 Å². The highest BCUT2D eigenvalue weighted by Crippen LogP contribution is 2.35. The number of carbonyl (C=O) groups excluding carboxylic acids is 1. The molecular weight excluding hydrogens is 416 g/mol. The van der Waals surface area contributed by atoms with E-state index in [1.54, 1.807) is 12.4 Å². The van der Waals surface area contributed by atoms with E-state index in [2.05, 4.69) is 15.3 Å². The lowest BCUT2D eigenvalue weighted by molar-refractivity contribution is 0.103. The molecule has 3 heterocycles. The first-order valence-electron chi connectivity index (χ1n) is 10.2. The number of hydrogen-bond donors (Lipinski definition) is 2. The van der Waals surface area contributed by atoms with Gasteiger partial charge >= 0.3 is 0 Å². The van der Waals surface area contributed by atoms with Crippen LogP contribution in [0.3, 0.4) is 0 Å². The minimum atomic E-state index is -0.202. The van der Waals surface area contributed by atoms with Crippen LogP contribution in [0.5, 0.6) is 0 Å². The van der Waals surface area contributed by atoms with Crippen molar-refractivity contribution in [2.24, 2.45) is 0 Å². The molecule has 5 nitrogen and oxygen atoms in total. The van der Waals surface area contributed by atoms with E-state index in [0.29, 0.717) is 28.4 Å². The molecule has 0 aliphatic rings. The van der Waals surface area contributed by atoms with E-state index in [4.69, 9.17) is 5.73 Å². The van der Waals surface area contributed by atoms with Gasteiger partial charge in [0.25, 0.3) is 5.91 Å². The summed E-state index contributed by atoms with van der Waals surface area (Å²) in [4.78, 5) is 23.6. The van der Waals surface area contributed by atoms with Crippen molar-refractivity contribution in [3.63, 3.8) is 0 Å². The van der Waals surface area contributed by atoms with Crippen LogP contribution in [-0.2, 0) is 6.42 Å². The SMILES string of the molecule is Nc1cnc(-c2ccccc2)c(NC(=O)c2cc3cccnc3s2)c1Cc1ccccc1. The summed E-state index contributed by atoms with van der Waals surface area (Å²) in [6, 6.07) is 25.5. The highest BCUT2D eigenvalue weighted by atomic mass is 32.1. The van der Waals surface area contributed by atoms with Gasteiger partial charge in [-0.2, -0.15) is 0 Å². The minimum absolute atomic E-state index is 0.202. The molecule has 3 N–H and O–H groups in total. The fourth-order valence-electron chi connectivity index (χ4n) is 3.66. The Hall–Kier alpha value is -4.03. The van der Waals surface area contributed by atoms with Crippen molar-refractivity contribution in [3.05, 3.63) is 107 Å². The molecule has 0 aliphatic carbocycles. The van der Waals surface area contributed by atoms with Gasteiger partial charge in [-0.05, 0) is 17.7 Å². The molecule has 0 atom stereocenters. The van der Waals surface area contributed by atoms with Crippen molar-refractivity contribution < 1.29 is 4.79 Å². The zero-order valence-electron chi connectivity index (χ0n) is 17.2. The van der Waals surface area contributed by atoms with Crippen LogP contribution in [0.1, 0.15) is 20.8 Å². The number of rotatable bonds is 5. The second kappa shape index (κ2) is 8.61. The molecule has 0 bridgehead atoms. The van der Waals surface area contributed by atoms with Gasteiger partial charge in [-0.15, -0.1) is 11.3 Å².